The predicted molar refractivity (Wildman–Crippen MR) is 140 cm³/mol. The molecule has 10 heteroatoms. The van der Waals surface area contributed by atoms with E-state index < -0.39 is 22.5 Å². The van der Waals surface area contributed by atoms with Crippen molar-refractivity contribution in [2.75, 3.05) is 20.3 Å². The van der Waals surface area contributed by atoms with Crippen LogP contribution in [-0.4, -0.2) is 45.1 Å². The number of methoxy groups -OCH3 is 1. The second-order valence-corrected chi connectivity index (χ2v) is 10.2. The van der Waals surface area contributed by atoms with Gasteiger partial charge >= 0.3 is 0 Å². The van der Waals surface area contributed by atoms with Gasteiger partial charge < -0.3 is 9.47 Å². The molecular weight excluding hydrogens is 502 g/mol. The third-order valence-electron chi connectivity index (χ3n) is 5.14. The molecule has 3 rings (SSSR count). The molecule has 3 aromatic rings. The maximum Gasteiger partial charge on any atom is 0.255 e. The summed E-state index contributed by atoms with van der Waals surface area (Å²) in [5.74, 6) is 0.541. The summed E-state index contributed by atoms with van der Waals surface area (Å²) in [6.45, 7) is 3.90. The van der Waals surface area contributed by atoms with Crippen LogP contribution in [0.25, 0.3) is 0 Å². The number of amides is 1. The van der Waals surface area contributed by atoms with Gasteiger partial charge in [0.05, 0.1) is 31.4 Å². The number of nitrogens with zero attached hydrogens (tertiary/aromatic N) is 2. The zero-order valence-electron chi connectivity index (χ0n) is 20.3. The van der Waals surface area contributed by atoms with Crippen LogP contribution in [0.1, 0.15) is 23.6 Å². The molecule has 0 aliphatic rings. The highest BCUT2D eigenvalue weighted by atomic mass is 35.5. The monoisotopic (exact) mass is 529 g/mol. The summed E-state index contributed by atoms with van der Waals surface area (Å²) >= 11 is 5.92. The van der Waals surface area contributed by atoms with Crippen molar-refractivity contribution >= 4 is 33.7 Å². The fourth-order valence-electron chi connectivity index (χ4n) is 3.29. The van der Waals surface area contributed by atoms with Gasteiger partial charge in [0.25, 0.3) is 5.91 Å². The number of carbonyl (C=O) groups excluding carboxylic acids is 1. The molecule has 36 heavy (non-hydrogen) atoms. The van der Waals surface area contributed by atoms with Gasteiger partial charge in [0.2, 0.25) is 10.0 Å². The Bertz CT molecular complexity index is 1310. The normalized spacial score (nSPS) is 11.6. The van der Waals surface area contributed by atoms with Crippen LogP contribution in [0.3, 0.4) is 0 Å². The second kappa shape index (κ2) is 12.5. The first-order valence-electron chi connectivity index (χ1n) is 11.2. The Morgan fingerprint density at radius 3 is 2.39 bits per heavy atom. The van der Waals surface area contributed by atoms with Crippen molar-refractivity contribution in [1.29, 1.82) is 0 Å². The highest BCUT2D eigenvalue weighted by molar-refractivity contribution is 7.89. The highest BCUT2D eigenvalue weighted by Gasteiger charge is 2.27. The molecule has 0 atom stereocenters. The van der Waals surface area contributed by atoms with Crippen LogP contribution in [0.15, 0.2) is 76.7 Å². The number of ether oxygens (including phenoxy) is 2. The standard InChI is InChI=1S/C26H28ClN3O5S/c1-4-35-24-14-9-21(15-25(24)34-3)16-28-29-26(31)18-30(17-20-7-5-19(2)6-8-20)36(32,33)23-12-10-22(27)11-13-23/h5-16H,4,17-18H2,1-3H3,(H,29,31)/b28-16-. The van der Waals surface area contributed by atoms with E-state index in [0.717, 1.165) is 15.4 Å². The SMILES string of the molecule is CCOc1ccc(/C=N\NC(=O)CN(Cc2ccc(C)cc2)S(=O)(=O)c2ccc(Cl)cc2)cc1OC. The van der Waals surface area contributed by atoms with Crippen LogP contribution in [0, 0.1) is 6.92 Å². The molecule has 1 amide bonds. The first kappa shape index (κ1) is 27.2. The number of nitrogens with one attached hydrogen (secondary N) is 1. The number of hydrogen-bond donors (Lipinski definition) is 1. The third-order valence-corrected chi connectivity index (χ3v) is 7.20. The van der Waals surface area contributed by atoms with Crippen molar-refractivity contribution < 1.29 is 22.7 Å². The van der Waals surface area contributed by atoms with E-state index in [-0.39, 0.29) is 11.4 Å². The van der Waals surface area contributed by atoms with Crippen LogP contribution in [0.2, 0.25) is 5.02 Å². The van der Waals surface area contributed by atoms with Gasteiger partial charge in [0.1, 0.15) is 0 Å². The molecule has 1 N–H and O–H groups in total. The van der Waals surface area contributed by atoms with Gasteiger partial charge in [0.15, 0.2) is 11.5 Å². The van der Waals surface area contributed by atoms with E-state index in [2.05, 4.69) is 10.5 Å². The van der Waals surface area contributed by atoms with Crippen LogP contribution in [0.4, 0.5) is 0 Å². The molecule has 0 saturated carbocycles. The molecule has 0 spiro atoms. The number of hydrogen-bond acceptors (Lipinski definition) is 6. The fourth-order valence-corrected chi connectivity index (χ4v) is 4.80. The summed E-state index contributed by atoms with van der Waals surface area (Å²) in [6.07, 6.45) is 1.44. The van der Waals surface area contributed by atoms with Crippen LogP contribution >= 0.6 is 11.6 Å². The fraction of sp³-hybridized carbons (Fsp3) is 0.231. The molecule has 0 fully saturated rings. The number of benzene rings is 3. The van der Waals surface area contributed by atoms with E-state index in [1.165, 1.54) is 37.6 Å². The number of halogens is 1. The smallest absolute Gasteiger partial charge is 0.255 e. The maximum absolute atomic E-state index is 13.3. The Balaban J connectivity index is 1.76. The number of carbonyl (C=O) groups is 1. The summed E-state index contributed by atoms with van der Waals surface area (Å²) in [4.78, 5) is 12.7. The highest BCUT2D eigenvalue weighted by Crippen LogP contribution is 2.27. The van der Waals surface area contributed by atoms with Crippen molar-refractivity contribution in [2.45, 2.75) is 25.3 Å². The lowest BCUT2D eigenvalue weighted by atomic mass is 10.1. The summed E-state index contributed by atoms with van der Waals surface area (Å²) in [7, 11) is -2.45. The van der Waals surface area contributed by atoms with Crippen molar-refractivity contribution in [3.8, 4) is 11.5 Å². The minimum atomic E-state index is -3.99. The summed E-state index contributed by atoms with van der Waals surface area (Å²) in [5.41, 5.74) is 4.86. The first-order chi connectivity index (χ1) is 17.2. The van der Waals surface area contributed by atoms with E-state index in [1.807, 2.05) is 38.1 Å². The van der Waals surface area contributed by atoms with Crippen LogP contribution in [0.5, 0.6) is 11.5 Å². The molecular formula is C26H28ClN3O5S. The van der Waals surface area contributed by atoms with Crippen molar-refractivity contribution in [2.24, 2.45) is 5.10 Å². The lowest BCUT2D eigenvalue weighted by molar-refractivity contribution is -0.121. The van der Waals surface area contributed by atoms with Crippen LogP contribution < -0.4 is 14.9 Å². The van der Waals surface area contributed by atoms with E-state index in [0.29, 0.717) is 28.7 Å². The molecule has 8 nitrogen and oxygen atoms in total. The minimum Gasteiger partial charge on any atom is -0.493 e. The average Bonchev–Trinajstić information content (AvgIpc) is 2.86. The van der Waals surface area contributed by atoms with E-state index in [4.69, 9.17) is 21.1 Å². The molecule has 0 aliphatic carbocycles. The van der Waals surface area contributed by atoms with Gasteiger partial charge in [-0.25, -0.2) is 13.8 Å². The van der Waals surface area contributed by atoms with Crippen LogP contribution in [-0.2, 0) is 21.4 Å². The zero-order valence-corrected chi connectivity index (χ0v) is 21.8. The maximum atomic E-state index is 13.3. The van der Waals surface area contributed by atoms with E-state index >= 15 is 0 Å². The Kier molecular flexibility index (Phi) is 9.46. The van der Waals surface area contributed by atoms with Crippen molar-refractivity contribution in [3.63, 3.8) is 0 Å². The van der Waals surface area contributed by atoms with Gasteiger partial charge in [-0.3, -0.25) is 4.79 Å². The molecule has 0 aromatic heterocycles. The number of hydrazone groups is 1. The lowest BCUT2D eigenvalue weighted by Gasteiger charge is -2.21. The number of sulfonamides is 1. The molecule has 0 radical (unpaired) electrons. The molecule has 3 aromatic carbocycles. The Labute approximate surface area is 216 Å². The van der Waals surface area contributed by atoms with Crippen molar-refractivity contribution in [1.82, 2.24) is 9.73 Å². The molecule has 0 saturated heterocycles. The van der Waals surface area contributed by atoms with E-state index in [1.54, 1.807) is 18.2 Å². The summed E-state index contributed by atoms with van der Waals surface area (Å²) in [5, 5.41) is 4.38. The largest absolute Gasteiger partial charge is 0.493 e. The summed E-state index contributed by atoms with van der Waals surface area (Å²) in [6, 6.07) is 18.5. The Hall–Kier alpha value is -3.40. The predicted octanol–water partition coefficient (Wildman–Crippen LogP) is 4.40. The molecule has 0 aliphatic heterocycles. The van der Waals surface area contributed by atoms with E-state index in [9.17, 15) is 13.2 Å². The number of rotatable bonds is 11. The quantitative estimate of drug-likeness (QED) is 0.293. The Morgan fingerprint density at radius 2 is 1.75 bits per heavy atom. The van der Waals surface area contributed by atoms with Gasteiger partial charge in [0, 0.05) is 11.6 Å². The minimum absolute atomic E-state index is 0.0124. The molecule has 0 bridgehead atoms. The average molecular weight is 530 g/mol. The zero-order chi connectivity index (χ0) is 26.1. The molecule has 190 valence electrons. The Morgan fingerprint density at radius 1 is 1.06 bits per heavy atom. The third kappa shape index (κ3) is 7.30. The van der Waals surface area contributed by atoms with Gasteiger partial charge in [-0.05, 0) is 67.4 Å². The van der Waals surface area contributed by atoms with Gasteiger partial charge in [-0.1, -0.05) is 41.4 Å². The molecule has 0 unspecified atom stereocenters. The topological polar surface area (TPSA) is 97.3 Å². The lowest BCUT2D eigenvalue weighted by Crippen LogP contribution is -2.39. The summed E-state index contributed by atoms with van der Waals surface area (Å²) < 4.78 is 38.6. The number of aryl methyl sites for hydroxylation is 1. The van der Waals surface area contributed by atoms with Crippen molar-refractivity contribution in [3.05, 3.63) is 88.4 Å². The second-order valence-electron chi connectivity index (χ2n) is 7.85. The molecule has 0 heterocycles. The first-order valence-corrected chi connectivity index (χ1v) is 13.0. The van der Waals surface area contributed by atoms with Gasteiger partial charge in [-0.15, -0.1) is 0 Å². The van der Waals surface area contributed by atoms with Gasteiger partial charge in [-0.2, -0.15) is 9.41 Å².